The second-order valence-electron chi connectivity index (χ2n) is 5.03. The lowest BCUT2D eigenvalue weighted by Gasteiger charge is -2.31. The number of methoxy groups -OCH3 is 1. The molecule has 4 heteroatoms. The highest BCUT2D eigenvalue weighted by molar-refractivity contribution is 5.75. The summed E-state index contributed by atoms with van der Waals surface area (Å²) in [5, 5.41) is 5.99. The Kier molecular flexibility index (Phi) is 4.80. The van der Waals surface area contributed by atoms with Crippen LogP contribution in [0.25, 0.3) is 0 Å². The fourth-order valence-corrected chi connectivity index (χ4v) is 2.75. The summed E-state index contributed by atoms with van der Waals surface area (Å²) in [6, 6.07) is 10.1. The first-order valence-electron chi connectivity index (χ1n) is 6.87. The molecule has 0 saturated heterocycles. The molecule has 1 aromatic rings. The molecule has 0 aromatic heterocycles. The van der Waals surface area contributed by atoms with E-state index in [0.717, 1.165) is 25.7 Å². The van der Waals surface area contributed by atoms with E-state index in [1.54, 1.807) is 7.11 Å². The van der Waals surface area contributed by atoms with Crippen LogP contribution in [0.15, 0.2) is 30.3 Å². The molecule has 0 spiro atoms. The van der Waals surface area contributed by atoms with Crippen molar-refractivity contribution >= 4 is 6.03 Å². The van der Waals surface area contributed by atoms with Crippen molar-refractivity contribution in [1.29, 1.82) is 0 Å². The van der Waals surface area contributed by atoms with Crippen molar-refractivity contribution in [3.05, 3.63) is 35.9 Å². The Balaban J connectivity index is 2.02. The van der Waals surface area contributed by atoms with Gasteiger partial charge in [0.15, 0.2) is 0 Å². The molecule has 1 aliphatic rings. The molecule has 1 fully saturated rings. The number of carbonyl (C=O) groups is 1. The number of nitrogens with one attached hydrogen (secondary N) is 2. The summed E-state index contributed by atoms with van der Waals surface area (Å²) in [6.45, 7) is 1.07. The number of carbonyl (C=O) groups excluding carboxylic acids is 1. The van der Waals surface area contributed by atoms with Gasteiger partial charge in [0, 0.05) is 13.7 Å². The minimum Gasteiger partial charge on any atom is -0.383 e. The van der Waals surface area contributed by atoms with Crippen LogP contribution in [0.5, 0.6) is 0 Å². The van der Waals surface area contributed by atoms with Crippen molar-refractivity contribution in [3.8, 4) is 0 Å². The van der Waals surface area contributed by atoms with Crippen molar-refractivity contribution in [2.75, 3.05) is 20.3 Å². The molecule has 0 atom stereocenters. The van der Waals surface area contributed by atoms with E-state index < -0.39 is 0 Å². The minimum absolute atomic E-state index is 0.109. The maximum Gasteiger partial charge on any atom is 0.315 e. The van der Waals surface area contributed by atoms with Gasteiger partial charge in [0.1, 0.15) is 0 Å². The average molecular weight is 262 g/mol. The van der Waals surface area contributed by atoms with E-state index in [-0.39, 0.29) is 11.6 Å². The second kappa shape index (κ2) is 6.57. The van der Waals surface area contributed by atoms with E-state index in [1.165, 1.54) is 5.56 Å². The van der Waals surface area contributed by atoms with Crippen LogP contribution in [-0.2, 0) is 10.3 Å². The van der Waals surface area contributed by atoms with Gasteiger partial charge in [-0.2, -0.15) is 0 Å². The first kappa shape index (κ1) is 13.9. The van der Waals surface area contributed by atoms with Crippen LogP contribution in [0.3, 0.4) is 0 Å². The van der Waals surface area contributed by atoms with E-state index in [9.17, 15) is 4.79 Å². The smallest absolute Gasteiger partial charge is 0.315 e. The molecule has 2 amide bonds. The number of rotatable bonds is 5. The monoisotopic (exact) mass is 262 g/mol. The topological polar surface area (TPSA) is 50.4 Å². The summed E-state index contributed by atoms with van der Waals surface area (Å²) in [7, 11) is 1.63. The van der Waals surface area contributed by atoms with Crippen LogP contribution in [-0.4, -0.2) is 26.3 Å². The Hall–Kier alpha value is -1.55. The minimum atomic E-state index is -0.196. The van der Waals surface area contributed by atoms with E-state index in [4.69, 9.17) is 4.74 Å². The third kappa shape index (κ3) is 3.47. The van der Waals surface area contributed by atoms with Crippen LogP contribution < -0.4 is 10.6 Å². The highest BCUT2D eigenvalue weighted by Crippen LogP contribution is 2.38. The van der Waals surface area contributed by atoms with Gasteiger partial charge in [0.05, 0.1) is 12.1 Å². The van der Waals surface area contributed by atoms with Crippen molar-refractivity contribution in [3.63, 3.8) is 0 Å². The Morgan fingerprint density at radius 2 is 1.95 bits per heavy atom. The predicted octanol–water partition coefficient (Wildman–Crippen LogP) is 2.40. The zero-order valence-electron chi connectivity index (χ0n) is 11.4. The van der Waals surface area contributed by atoms with Crippen LogP contribution >= 0.6 is 0 Å². The van der Waals surface area contributed by atoms with Gasteiger partial charge in [-0.1, -0.05) is 43.2 Å². The third-order valence-corrected chi connectivity index (χ3v) is 3.73. The van der Waals surface area contributed by atoms with Crippen LogP contribution in [0.1, 0.15) is 31.2 Å². The largest absolute Gasteiger partial charge is 0.383 e. The standard InChI is InChI=1S/C15H22N2O2/c1-19-12-11-16-14(18)17-15(9-5-6-10-15)13-7-3-2-4-8-13/h2-4,7-8H,5-6,9-12H2,1H3,(H2,16,17,18). The zero-order chi connectivity index (χ0) is 13.6. The van der Waals surface area contributed by atoms with Crippen LogP contribution in [0, 0.1) is 0 Å². The fourth-order valence-electron chi connectivity index (χ4n) is 2.75. The number of ether oxygens (including phenoxy) is 1. The molecule has 1 aromatic carbocycles. The van der Waals surface area contributed by atoms with E-state index in [1.807, 2.05) is 18.2 Å². The highest BCUT2D eigenvalue weighted by Gasteiger charge is 2.36. The SMILES string of the molecule is COCCNC(=O)NC1(c2ccccc2)CCCC1. The lowest BCUT2D eigenvalue weighted by molar-refractivity contribution is 0.192. The zero-order valence-corrected chi connectivity index (χ0v) is 11.4. The van der Waals surface area contributed by atoms with Gasteiger partial charge >= 0.3 is 6.03 Å². The van der Waals surface area contributed by atoms with Gasteiger partial charge in [-0.05, 0) is 18.4 Å². The summed E-state index contributed by atoms with van der Waals surface area (Å²) in [5.74, 6) is 0. The molecule has 0 bridgehead atoms. The molecular formula is C15H22N2O2. The summed E-state index contributed by atoms with van der Waals surface area (Å²) < 4.78 is 4.93. The van der Waals surface area contributed by atoms with E-state index in [2.05, 4.69) is 22.8 Å². The van der Waals surface area contributed by atoms with Crippen LogP contribution in [0.4, 0.5) is 4.79 Å². The number of hydrogen-bond acceptors (Lipinski definition) is 2. The van der Waals surface area contributed by atoms with Crippen LogP contribution in [0.2, 0.25) is 0 Å². The van der Waals surface area contributed by atoms with E-state index in [0.29, 0.717) is 13.2 Å². The maximum atomic E-state index is 12.0. The van der Waals surface area contributed by atoms with Crippen molar-refractivity contribution in [2.24, 2.45) is 0 Å². The normalized spacial score (nSPS) is 17.1. The average Bonchev–Trinajstić information content (AvgIpc) is 2.90. The molecule has 0 unspecified atom stereocenters. The predicted molar refractivity (Wildman–Crippen MR) is 75.0 cm³/mol. The lowest BCUT2D eigenvalue weighted by atomic mass is 9.88. The van der Waals surface area contributed by atoms with Gasteiger partial charge in [-0.3, -0.25) is 0 Å². The Morgan fingerprint density at radius 1 is 1.26 bits per heavy atom. The highest BCUT2D eigenvalue weighted by atomic mass is 16.5. The maximum absolute atomic E-state index is 12.0. The fraction of sp³-hybridized carbons (Fsp3) is 0.533. The Morgan fingerprint density at radius 3 is 2.58 bits per heavy atom. The lowest BCUT2D eigenvalue weighted by Crippen LogP contribution is -2.49. The Labute approximate surface area is 114 Å². The number of amides is 2. The van der Waals surface area contributed by atoms with Crippen molar-refractivity contribution in [2.45, 2.75) is 31.2 Å². The van der Waals surface area contributed by atoms with E-state index >= 15 is 0 Å². The third-order valence-electron chi connectivity index (χ3n) is 3.73. The second-order valence-corrected chi connectivity index (χ2v) is 5.03. The molecule has 0 aliphatic heterocycles. The van der Waals surface area contributed by atoms with Crippen molar-refractivity contribution < 1.29 is 9.53 Å². The molecule has 4 nitrogen and oxygen atoms in total. The molecule has 2 rings (SSSR count). The molecule has 1 saturated carbocycles. The summed E-state index contributed by atoms with van der Waals surface area (Å²) >= 11 is 0. The summed E-state index contributed by atoms with van der Waals surface area (Å²) in [6.07, 6.45) is 4.34. The van der Waals surface area contributed by atoms with Gasteiger partial charge < -0.3 is 15.4 Å². The molecule has 19 heavy (non-hydrogen) atoms. The van der Waals surface area contributed by atoms with Gasteiger partial charge in [0.25, 0.3) is 0 Å². The van der Waals surface area contributed by atoms with Crippen molar-refractivity contribution in [1.82, 2.24) is 10.6 Å². The molecule has 104 valence electrons. The number of hydrogen-bond donors (Lipinski definition) is 2. The van der Waals surface area contributed by atoms with Gasteiger partial charge in [0.2, 0.25) is 0 Å². The first-order chi connectivity index (χ1) is 9.27. The summed E-state index contributed by atoms with van der Waals surface area (Å²) in [4.78, 5) is 12.0. The first-order valence-corrected chi connectivity index (χ1v) is 6.87. The molecule has 0 radical (unpaired) electrons. The number of benzene rings is 1. The number of urea groups is 1. The van der Waals surface area contributed by atoms with Gasteiger partial charge in [-0.25, -0.2) is 4.79 Å². The molecular weight excluding hydrogens is 240 g/mol. The Bertz CT molecular complexity index is 400. The molecule has 0 heterocycles. The quantitative estimate of drug-likeness (QED) is 0.801. The molecule has 1 aliphatic carbocycles. The summed E-state index contributed by atoms with van der Waals surface area (Å²) in [5.41, 5.74) is 1.01. The van der Waals surface area contributed by atoms with Gasteiger partial charge in [-0.15, -0.1) is 0 Å². The molecule has 2 N–H and O–H groups in total.